The van der Waals surface area contributed by atoms with E-state index in [0.717, 1.165) is 5.56 Å². The first-order chi connectivity index (χ1) is 13.3. The molecule has 3 atom stereocenters. The van der Waals surface area contributed by atoms with E-state index in [2.05, 4.69) is 0 Å². The van der Waals surface area contributed by atoms with Gasteiger partial charge < -0.3 is 9.47 Å². The molecule has 1 aliphatic carbocycles. The minimum atomic E-state index is -3.93. The van der Waals surface area contributed by atoms with Crippen molar-refractivity contribution in [3.63, 3.8) is 0 Å². The van der Waals surface area contributed by atoms with E-state index >= 15 is 0 Å². The SMILES string of the molecule is CCOC(=O)[C@]1(C#N)[C@H](c2ccc(OC)cc2)[C@@H]1S(=O)(=O)c1ccc(C)cc1. The second-order valence-electron chi connectivity index (χ2n) is 6.73. The topological polar surface area (TPSA) is 93.5 Å². The lowest BCUT2D eigenvalue weighted by atomic mass is 10.0. The highest BCUT2D eigenvalue weighted by Gasteiger charge is 2.77. The Hall–Kier alpha value is -2.85. The van der Waals surface area contributed by atoms with Crippen molar-refractivity contribution in [1.82, 2.24) is 0 Å². The quantitative estimate of drug-likeness (QED) is 0.693. The van der Waals surface area contributed by atoms with Crippen molar-refractivity contribution in [2.45, 2.75) is 29.9 Å². The number of hydrogen-bond donors (Lipinski definition) is 0. The average molecular weight is 399 g/mol. The van der Waals surface area contributed by atoms with Crippen LogP contribution >= 0.6 is 0 Å². The predicted octanol–water partition coefficient (Wildman–Crippen LogP) is 3.02. The molecular weight excluding hydrogens is 378 g/mol. The maximum absolute atomic E-state index is 13.3. The highest BCUT2D eigenvalue weighted by Crippen LogP contribution is 2.64. The summed E-state index contributed by atoms with van der Waals surface area (Å²) >= 11 is 0. The summed E-state index contributed by atoms with van der Waals surface area (Å²) in [5.41, 5.74) is -0.275. The molecule has 0 aromatic heterocycles. The minimum absolute atomic E-state index is 0.0644. The van der Waals surface area contributed by atoms with Gasteiger partial charge in [0.15, 0.2) is 15.3 Å². The first-order valence-corrected chi connectivity index (χ1v) is 10.4. The van der Waals surface area contributed by atoms with E-state index in [1.54, 1.807) is 43.3 Å². The van der Waals surface area contributed by atoms with Gasteiger partial charge >= 0.3 is 5.97 Å². The van der Waals surface area contributed by atoms with Crippen LogP contribution in [0.1, 0.15) is 24.0 Å². The van der Waals surface area contributed by atoms with Gasteiger partial charge in [0.25, 0.3) is 0 Å². The largest absolute Gasteiger partial charge is 0.497 e. The van der Waals surface area contributed by atoms with Crippen LogP contribution in [-0.4, -0.2) is 33.4 Å². The van der Waals surface area contributed by atoms with Gasteiger partial charge in [-0.2, -0.15) is 5.26 Å². The molecule has 0 aliphatic heterocycles. The highest BCUT2D eigenvalue weighted by atomic mass is 32.2. The Balaban J connectivity index is 2.11. The molecule has 1 saturated carbocycles. The van der Waals surface area contributed by atoms with Crippen LogP contribution in [0.2, 0.25) is 0 Å². The molecule has 2 aromatic rings. The van der Waals surface area contributed by atoms with Crippen molar-refractivity contribution in [3.8, 4) is 11.8 Å². The molecule has 0 bridgehead atoms. The lowest BCUT2D eigenvalue weighted by molar-refractivity contribution is -0.147. The zero-order valence-electron chi connectivity index (χ0n) is 15.9. The number of benzene rings is 2. The number of rotatable bonds is 6. The Morgan fingerprint density at radius 3 is 2.25 bits per heavy atom. The smallest absolute Gasteiger partial charge is 0.328 e. The Labute approximate surface area is 164 Å². The molecule has 0 saturated heterocycles. The van der Waals surface area contributed by atoms with E-state index in [0.29, 0.717) is 11.3 Å². The fourth-order valence-corrected chi connectivity index (χ4v) is 5.82. The molecular formula is C21H21NO5S. The molecule has 2 aromatic carbocycles. The van der Waals surface area contributed by atoms with Crippen LogP contribution in [0.3, 0.4) is 0 Å². The number of methoxy groups -OCH3 is 1. The van der Waals surface area contributed by atoms with Crippen LogP contribution in [0.25, 0.3) is 0 Å². The van der Waals surface area contributed by atoms with Crippen LogP contribution in [-0.2, 0) is 19.4 Å². The summed E-state index contributed by atoms with van der Waals surface area (Å²) < 4.78 is 36.8. The lowest BCUT2D eigenvalue weighted by Gasteiger charge is -2.09. The van der Waals surface area contributed by atoms with Crippen molar-refractivity contribution in [2.75, 3.05) is 13.7 Å². The number of aryl methyl sites for hydroxylation is 1. The third kappa shape index (κ3) is 3.04. The first-order valence-electron chi connectivity index (χ1n) is 8.86. The molecule has 1 fully saturated rings. The fourth-order valence-electron chi connectivity index (χ4n) is 3.58. The summed E-state index contributed by atoms with van der Waals surface area (Å²) in [6.45, 7) is 3.54. The molecule has 1 aliphatic rings. The van der Waals surface area contributed by atoms with Gasteiger partial charge in [-0.05, 0) is 43.7 Å². The molecule has 0 unspecified atom stereocenters. The number of nitrogens with zero attached hydrogens (tertiary/aromatic N) is 1. The monoisotopic (exact) mass is 399 g/mol. The second kappa shape index (κ2) is 7.28. The van der Waals surface area contributed by atoms with Gasteiger partial charge in [-0.25, -0.2) is 8.42 Å². The van der Waals surface area contributed by atoms with E-state index in [4.69, 9.17) is 9.47 Å². The molecule has 0 spiro atoms. The Morgan fingerprint density at radius 1 is 1.14 bits per heavy atom. The molecule has 0 radical (unpaired) electrons. The van der Waals surface area contributed by atoms with Crippen LogP contribution in [0.4, 0.5) is 0 Å². The van der Waals surface area contributed by atoms with Crippen molar-refractivity contribution >= 4 is 15.8 Å². The van der Waals surface area contributed by atoms with Crippen molar-refractivity contribution in [2.24, 2.45) is 5.41 Å². The first kappa shape index (κ1) is 19.9. The summed E-state index contributed by atoms with van der Waals surface area (Å²) in [6.07, 6.45) is 0. The number of esters is 1. The molecule has 0 heterocycles. The summed E-state index contributed by atoms with van der Waals surface area (Å²) in [5, 5.41) is 8.66. The van der Waals surface area contributed by atoms with Gasteiger partial charge in [0.2, 0.25) is 0 Å². The zero-order valence-corrected chi connectivity index (χ0v) is 16.7. The van der Waals surface area contributed by atoms with Crippen LogP contribution in [0.5, 0.6) is 5.75 Å². The summed E-state index contributed by atoms with van der Waals surface area (Å²) in [4.78, 5) is 12.8. The van der Waals surface area contributed by atoms with Gasteiger partial charge in [0, 0.05) is 5.92 Å². The van der Waals surface area contributed by atoms with Gasteiger partial charge in [0.1, 0.15) is 11.0 Å². The van der Waals surface area contributed by atoms with Gasteiger partial charge in [-0.15, -0.1) is 0 Å². The van der Waals surface area contributed by atoms with E-state index in [1.807, 2.05) is 13.0 Å². The zero-order chi connectivity index (χ0) is 20.5. The van der Waals surface area contributed by atoms with E-state index in [1.165, 1.54) is 19.2 Å². The van der Waals surface area contributed by atoms with Crippen molar-refractivity contribution in [3.05, 3.63) is 59.7 Å². The molecule has 28 heavy (non-hydrogen) atoms. The normalized spacial score (nSPS) is 23.5. The average Bonchev–Trinajstić information content (AvgIpc) is 3.40. The summed E-state index contributed by atoms with van der Waals surface area (Å²) in [7, 11) is -2.41. The van der Waals surface area contributed by atoms with E-state index in [9.17, 15) is 18.5 Å². The van der Waals surface area contributed by atoms with Gasteiger partial charge in [-0.3, -0.25) is 4.79 Å². The Kier molecular flexibility index (Phi) is 5.18. The number of carbonyl (C=O) groups excluding carboxylic acids is 1. The molecule has 146 valence electrons. The maximum Gasteiger partial charge on any atom is 0.328 e. The van der Waals surface area contributed by atoms with Crippen LogP contribution in [0.15, 0.2) is 53.4 Å². The van der Waals surface area contributed by atoms with E-state index in [-0.39, 0.29) is 11.5 Å². The number of ether oxygens (including phenoxy) is 2. The van der Waals surface area contributed by atoms with Crippen LogP contribution in [0, 0.1) is 23.7 Å². The summed E-state index contributed by atoms with van der Waals surface area (Å²) in [5.74, 6) is -1.02. The standard InChI is InChI=1S/C21H21NO5S/c1-4-27-20(23)21(13-22)18(15-7-9-16(26-3)10-8-15)19(21)28(24,25)17-11-5-14(2)6-12-17/h5-12,18-19H,4H2,1-3H3/t18-,19+,21-/m1/s1. The fraction of sp³-hybridized carbons (Fsp3) is 0.333. The number of carbonyl (C=O) groups is 1. The second-order valence-corrected chi connectivity index (χ2v) is 8.80. The molecule has 6 nitrogen and oxygen atoms in total. The van der Waals surface area contributed by atoms with E-state index < -0.39 is 32.4 Å². The number of hydrogen-bond acceptors (Lipinski definition) is 6. The molecule has 0 amide bonds. The van der Waals surface area contributed by atoms with Crippen LogP contribution < -0.4 is 4.74 Å². The van der Waals surface area contributed by atoms with Crippen molar-refractivity contribution < 1.29 is 22.7 Å². The molecule has 0 N–H and O–H groups in total. The Bertz CT molecular complexity index is 1020. The third-order valence-electron chi connectivity index (χ3n) is 5.09. The lowest BCUT2D eigenvalue weighted by Crippen LogP contribution is -2.25. The Morgan fingerprint density at radius 2 is 1.75 bits per heavy atom. The predicted molar refractivity (Wildman–Crippen MR) is 103 cm³/mol. The summed E-state index contributed by atoms with van der Waals surface area (Å²) in [6, 6.07) is 15.1. The maximum atomic E-state index is 13.3. The highest BCUT2D eigenvalue weighted by molar-refractivity contribution is 7.92. The van der Waals surface area contributed by atoms with Crippen molar-refractivity contribution in [1.29, 1.82) is 5.26 Å². The number of nitriles is 1. The molecule has 3 rings (SSSR count). The third-order valence-corrected chi connectivity index (χ3v) is 7.33. The molecule has 7 heteroatoms. The van der Waals surface area contributed by atoms with Gasteiger partial charge in [-0.1, -0.05) is 29.8 Å². The number of sulfone groups is 1. The minimum Gasteiger partial charge on any atom is -0.497 e. The van der Waals surface area contributed by atoms with Gasteiger partial charge in [0.05, 0.1) is 24.7 Å².